The van der Waals surface area contributed by atoms with E-state index in [1.165, 1.54) is 36.8 Å². The van der Waals surface area contributed by atoms with Gasteiger partial charge in [-0.15, -0.1) is 0 Å². The Bertz CT molecular complexity index is 569. The molecule has 0 bridgehead atoms. The Morgan fingerprint density at radius 2 is 1.50 bits per heavy atom. The third-order valence-electron chi connectivity index (χ3n) is 5.83. The highest BCUT2D eigenvalue weighted by atomic mass is 15.2. The number of rotatable bonds is 7. The van der Waals surface area contributed by atoms with Crippen LogP contribution in [0.4, 0.5) is 0 Å². The van der Waals surface area contributed by atoms with Crippen LogP contribution in [0.25, 0.3) is 0 Å². The fourth-order valence-electron chi connectivity index (χ4n) is 4.50. The molecule has 0 spiro atoms. The van der Waals surface area contributed by atoms with E-state index < -0.39 is 0 Å². The summed E-state index contributed by atoms with van der Waals surface area (Å²) in [5, 5.41) is 0. The molecule has 2 aromatic carbocycles. The van der Waals surface area contributed by atoms with Crippen molar-refractivity contribution in [1.29, 1.82) is 0 Å². The fraction of sp³-hybridized carbons (Fsp3) is 0.455. The molecule has 2 aromatic rings. The third kappa shape index (κ3) is 3.55. The SMILES string of the molecule is CCC1CCCC1(CN)N(Cc1ccccc1)Cc1ccccc1. The average molecular weight is 322 g/mol. The summed E-state index contributed by atoms with van der Waals surface area (Å²) in [6.07, 6.45) is 5.06. The van der Waals surface area contributed by atoms with Crippen LogP contribution in [-0.2, 0) is 13.1 Å². The van der Waals surface area contributed by atoms with E-state index in [9.17, 15) is 0 Å². The van der Waals surface area contributed by atoms with Crippen LogP contribution < -0.4 is 5.73 Å². The van der Waals surface area contributed by atoms with Crippen LogP contribution >= 0.6 is 0 Å². The van der Waals surface area contributed by atoms with Crippen molar-refractivity contribution in [3.05, 3.63) is 71.8 Å². The lowest BCUT2D eigenvalue weighted by Gasteiger charge is -2.45. The van der Waals surface area contributed by atoms with Gasteiger partial charge < -0.3 is 5.73 Å². The van der Waals surface area contributed by atoms with Gasteiger partial charge >= 0.3 is 0 Å². The van der Waals surface area contributed by atoms with Gasteiger partial charge in [0.2, 0.25) is 0 Å². The number of nitrogens with zero attached hydrogens (tertiary/aromatic N) is 1. The number of benzene rings is 2. The lowest BCUT2D eigenvalue weighted by atomic mass is 9.82. The van der Waals surface area contributed by atoms with Crippen molar-refractivity contribution >= 4 is 0 Å². The summed E-state index contributed by atoms with van der Waals surface area (Å²) in [4.78, 5) is 2.67. The molecule has 128 valence electrons. The molecule has 2 heteroatoms. The van der Waals surface area contributed by atoms with E-state index in [0.29, 0.717) is 5.92 Å². The first-order valence-corrected chi connectivity index (χ1v) is 9.31. The predicted molar refractivity (Wildman–Crippen MR) is 102 cm³/mol. The topological polar surface area (TPSA) is 29.3 Å². The zero-order valence-corrected chi connectivity index (χ0v) is 14.8. The molecule has 2 nitrogen and oxygen atoms in total. The van der Waals surface area contributed by atoms with Crippen molar-refractivity contribution in [2.24, 2.45) is 11.7 Å². The molecule has 1 aliphatic carbocycles. The molecule has 1 fully saturated rings. The minimum absolute atomic E-state index is 0.139. The van der Waals surface area contributed by atoms with E-state index in [1.54, 1.807) is 0 Å². The van der Waals surface area contributed by atoms with Crippen molar-refractivity contribution in [2.75, 3.05) is 6.54 Å². The van der Waals surface area contributed by atoms with E-state index in [0.717, 1.165) is 19.6 Å². The second-order valence-corrected chi connectivity index (χ2v) is 7.13. The zero-order valence-electron chi connectivity index (χ0n) is 14.8. The van der Waals surface area contributed by atoms with Crippen molar-refractivity contribution in [3.63, 3.8) is 0 Å². The standard InChI is InChI=1S/C22H30N2/c1-2-21-14-9-15-22(21,18-23)24(16-19-10-5-3-6-11-19)17-20-12-7-4-8-13-20/h3-8,10-13,21H,2,9,14-18,23H2,1H3. The first kappa shape index (κ1) is 17.2. The van der Waals surface area contributed by atoms with Crippen molar-refractivity contribution in [2.45, 2.75) is 51.2 Å². The van der Waals surface area contributed by atoms with Gasteiger partial charge in [0.1, 0.15) is 0 Å². The Kier molecular flexibility index (Phi) is 5.70. The normalized spacial score (nSPS) is 23.7. The summed E-state index contributed by atoms with van der Waals surface area (Å²) in [5.41, 5.74) is 9.30. The van der Waals surface area contributed by atoms with E-state index in [1.807, 2.05) is 0 Å². The number of hydrogen-bond acceptors (Lipinski definition) is 2. The summed E-state index contributed by atoms with van der Waals surface area (Å²) in [6, 6.07) is 21.7. The molecule has 2 N–H and O–H groups in total. The van der Waals surface area contributed by atoms with E-state index in [2.05, 4.69) is 72.5 Å². The van der Waals surface area contributed by atoms with Gasteiger partial charge in [-0.05, 0) is 29.9 Å². The Hall–Kier alpha value is -1.64. The van der Waals surface area contributed by atoms with Crippen molar-refractivity contribution < 1.29 is 0 Å². The molecule has 1 aliphatic rings. The smallest absolute Gasteiger partial charge is 0.0366 e. The minimum atomic E-state index is 0.139. The maximum Gasteiger partial charge on any atom is 0.0366 e. The molecule has 3 rings (SSSR count). The van der Waals surface area contributed by atoms with Gasteiger partial charge in [-0.2, -0.15) is 0 Å². The van der Waals surface area contributed by atoms with Crippen LogP contribution in [0.3, 0.4) is 0 Å². The van der Waals surface area contributed by atoms with Crippen LogP contribution in [-0.4, -0.2) is 17.0 Å². The first-order chi connectivity index (χ1) is 11.8. The second-order valence-electron chi connectivity index (χ2n) is 7.13. The lowest BCUT2D eigenvalue weighted by Crippen LogP contribution is -2.55. The van der Waals surface area contributed by atoms with Gasteiger partial charge in [-0.1, -0.05) is 80.4 Å². The molecule has 0 aliphatic heterocycles. The molecule has 0 radical (unpaired) electrons. The zero-order chi connectivity index (χ0) is 16.8. The molecule has 1 saturated carbocycles. The molecule has 24 heavy (non-hydrogen) atoms. The van der Waals surface area contributed by atoms with Crippen molar-refractivity contribution in [3.8, 4) is 0 Å². The summed E-state index contributed by atoms with van der Waals surface area (Å²) >= 11 is 0. The fourth-order valence-corrected chi connectivity index (χ4v) is 4.50. The highest BCUT2D eigenvalue weighted by molar-refractivity contribution is 5.19. The monoisotopic (exact) mass is 322 g/mol. The second kappa shape index (κ2) is 7.96. The molecule has 0 aromatic heterocycles. The Morgan fingerprint density at radius 3 is 1.96 bits per heavy atom. The molecule has 0 saturated heterocycles. The average Bonchev–Trinajstić information content (AvgIpc) is 3.07. The van der Waals surface area contributed by atoms with Gasteiger partial charge in [-0.25, -0.2) is 0 Å². The van der Waals surface area contributed by atoms with Gasteiger partial charge in [-0.3, -0.25) is 4.90 Å². The maximum atomic E-state index is 6.40. The van der Waals surface area contributed by atoms with Crippen LogP contribution in [0.2, 0.25) is 0 Å². The van der Waals surface area contributed by atoms with Gasteiger partial charge in [0, 0.05) is 25.2 Å². The predicted octanol–water partition coefficient (Wildman–Crippen LogP) is 4.60. The van der Waals surface area contributed by atoms with E-state index >= 15 is 0 Å². The van der Waals surface area contributed by atoms with Crippen LogP contribution in [0.1, 0.15) is 43.7 Å². The number of hydrogen-bond donors (Lipinski definition) is 1. The van der Waals surface area contributed by atoms with Gasteiger partial charge in [0.25, 0.3) is 0 Å². The quantitative estimate of drug-likeness (QED) is 0.807. The highest BCUT2D eigenvalue weighted by Gasteiger charge is 2.45. The first-order valence-electron chi connectivity index (χ1n) is 9.31. The van der Waals surface area contributed by atoms with Crippen LogP contribution in [0.15, 0.2) is 60.7 Å². The molecule has 2 atom stereocenters. The van der Waals surface area contributed by atoms with Crippen LogP contribution in [0.5, 0.6) is 0 Å². The minimum Gasteiger partial charge on any atom is -0.329 e. The molecular formula is C22H30N2. The molecule has 2 unspecified atom stereocenters. The van der Waals surface area contributed by atoms with Gasteiger partial charge in [0.15, 0.2) is 0 Å². The number of nitrogens with two attached hydrogens (primary N) is 1. The third-order valence-corrected chi connectivity index (χ3v) is 5.83. The molecule has 0 heterocycles. The van der Waals surface area contributed by atoms with Crippen LogP contribution in [0, 0.1) is 5.92 Å². The molecule has 0 amide bonds. The summed E-state index contributed by atoms with van der Waals surface area (Å²) in [7, 11) is 0. The summed E-state index contributed by atoms with van der Waals surface area (Å²) < 4.78 is 0. The van der Waals surface area contributed by atoms with Crippen molar-refractivity contribution in [1.82, 2.24) is 4.90 Å². The van der Waals surface area contributed by atoms with E-state index in [4.69, 9.17) is 5.73 Å². The highest BCUT2D eigenvalue weighted by Crippen LogP contribution is 2.43. The Labute approximate surface area is 146 Å². The maximum absolute atomic E-state index is 6.40. The van der Waals surface area contributed by atoms with Gasteiger partial charge in [0.05, 0.1) is 0 Å². The summed E-state index contributed by atoms with van der Waals surface area (Å²) in [6.45, 7) is 5.03. The lowest BCUT2D eigenvalue weighted by molar-refractivity contribution is 0.0402. The Morgan fingerprint density at radius 1 is 0.958 bits per heavy atom. The summed E-state index contributed by atoms with van der Waals surface area (Å²) in [5.74, 6) is 0.704. The molecular weight excluding hydrogens is 292 g/mol. The Balaban J connectivity index is 1.91. The largest absolute Gasteiger partial charge is 0.329 e. The van der Waals surface area contributed by atoms with E-state index in [-0.39, 0.29) is 5.54 Å².